The molecule has 2 aromatic carbocycles. The maximum absolute atomic E-state index is 12.5. The molecule has 0 aliphatic rings. The predicted octanol–water partition coefficient (Wildman–Crippen LogP) is 3.33. The van der Waals surface area contributed by atoms with Crippen LogP contribution in [0.4, 0.5) is 0 Å². The van der Waals surface area contributed by atoms with Gasteiger partial charge in [0.2, 0.25) is 0 Å². The van der Waals surface area contributed by atoms with Crippen molar-refractivity contribution in [3.63, 3.8) is 0 Å². The molecule has 1 aromatic heterocycles. The standard InChI is InChI=1S/C20H21N3O2/c1-16-6-3-4-7-19(16)25-15-14-22(2)20(24)17-8-10-18(11-9-17)23-13-5-12-21-23/h3-13H,14-15H2,1-2H3. The van der Waals surface area contributed by atoms with Crippen molar-refractivity contribution in [1.82, 2.24) is 14.7 Å². The number of carbonyl (C=O) groups is 1. The number of rotatable bonds is 6. The van der Waals surface area contributed by atoms with Gasteiger partial charge in [0.05, 0.1) is 12.2 Å². The lowest BCUT2D eigenvalue weighted by molar-refractivity contribution is 0.0773. The lowest BCUT2D eigenvalue weighted by Gasteiger charge is -2.18. The van der Waals surface area contributed by atoms with Crippen molar-refractivity contribution >= 4 is 5.91 Å². The molecule has 0 aliphatic heterocycles. The first kappa shape index (κ1) is 16.8. The van der Waals surface area contributed by atoms with Gasteiger partial charge in [0.15, 0.2) is 0 Å². The molecule has 0 fully saturated rings. The number of ether oxygens (including phenoxy) is 1. The number of nitrogens with zero attached hydrogens (tertiary/aromatic N) is 3. The molecule has 0 atom stereocenters. The van der Waals surface area contributed by atoms with E-state index in [0.29, 0.717) is 18.7 Å². The van der Waals surface area contributed by atoms with Crippen molar-refractivity contribution < 1.29 is 9.53 Å². The minimum Gasteiger partial charge on any atom is -0.491 e. The third-order valence-corrected chi connectivity index (χ3v) is 4.01. The van der Waals surface area contributed by atoms with Crippen LogP contribution in [0.3, 0.4) is 0 Å². The molecule has 0 bridgehead atoms. The van der Waals surface area contributed by atoms with E-state index < -0.39 is 0 Å². The maximum atomic E-state index is 12.5. The molecule has 0 radical (unpaired) electrons. The number of carbonyl (C=O) groups excluding carboxylic acids is 1. The summed E-state index contributed by atoms with van der Waals surface area (Å²) in [4.78, 5) is 14.2. The van der Waals surface area contributed by atoms with E-state index in [4.69, 9.17) is 4.74 Å². The zero-order valence-corrected chi connectivity index (χ0v) is 14.4. The highest BCUT2D eigenvalue weighted by Gasteiger charge is 2.12. The molecule has 25 heavy (non-hydrogen) atoms. The molecular weight excluding hydrogens is 314 g/mol. The fourth-order valence-electron chi connectivity index (χ4n) is 2.51. The largest absolute Gasteiger partial charge is 0.491 e. The van der Waals surface area contributed by atoms with E-state index in [1.165, 1.54) is 0 Å². The SMILES string of the molecule is Cc1ccccc1OCCN(C)C(=O)c1ccc(-n2cccn2)cc1. The van der Waals surface area contributed by atoms with E-state index in [2.05, 4.69) is 5.10 Å². The third kappa shape index (κ3) is 4.07. The summed E-state index contributed by atoms with van der Waals surface area (Å²) in [6, 6.07) is 17.1. The van der Waals surface area contributed by atoms with E-state index in [1.807, 2.05) is 67.7 Å². The van der Waals surface area contributed by atoms with Crippen LogP contribution in [-0.2, 0) is 0 Å². The minimum atomic E-state index is -0.0274. The normalized spacial score (nSPS) is 10.5. The number of hydrogen-bond acceptors (Lipinski definition) is 3. The predicted molar refractivity (Wildman–Crippen MR) is 97.2 cm³/mol. The second-order valence-electron chi connectivity index (χ2n) is 5.84. The van der Waals surface area contributed by atoms with Gasteiger partial charge < -0.3 is 9.64 Å². The lowest BCUT2D eigenvalue weighted by atomic mass is 10.2. The summed E-state index contributed by atoms with van der Waals surface area (Å²) in [5.41, 5.74) is 2.66. The summed E-state index contributed by atoms with van der Waals surface area (Å²) in [7, 11) is 1.78. The number of benzene rings is 2. The minimum absolute atomic E-state index is 0.0274. The highest BCUT2D eigenvalue weighted by Crippen LogP contribution is 2.16. The summed E-state index contributed by atoms with van der Waals surface area (Å²) in [6.07, 6.45) is 3.59. The topological polar surface area (TPSA) is 47.4 Å². The summed E-state index contributed by atoms with van der Waals surface area (Å²) < 4.78 is 7.51. The van der Waals surface area contributed by atoms with Crippen LogP contribution in [-0.4, -0.2) is 40.8 Å². The molecule has 0 saturated carbocycles. The summed E-state index contributed by atoms with van der Waals surface area (Å²) in [5.74, 6) is 0.826. The van der Waals surface area contributed by atoms with Gasteiger partial charge in [-0.25, -0.2) is 4.68 Å². The van der Waals surface area contributed by atoms with Crippen LogP contribution in [0, 0.1) is 6.92 Å². The molecular formula is C20H21N3O2. The Balaban J connectivity index is 1.56. The van der Waals surface area contributed by atoms with E-state index in [9.17, 15) is 4.79 Å². The van der Waals surface area contributed by atoms with Crippen LogP contribution in [0.1, 0.15) is 15.9 Å². The van der Waals surface area contributed by atoms with Gasteiger partial charge in [-0.1, -0.05) is 18.2 Å². The van der Waals surface area contributed by atoms with Crippen molar-refractivity contribution in [3.8, 4) is 11.4 Å². The molecule has 5 nitrogen and oxygen atoms in total. The smallest absolute Gasteiger partial charge is 0.253 e. The molecule has 0 spiro atoms. The summed E-state index contributed by atoms with van der Waals surface area (Å²) in [5, 5.41) is 4.18. The molecule has 3 aromatic rings. The van der Waals surface area contributed by atoms with Gasteiger partial charge >= 0.3 is 0 Å². The average Bonchev–Trinajstić information content (AvgIpc) is 3.17. The molecule has 0 saturated heterocycles. The number of hydrogen-bond donors (Lipinski definition) is 0. The van der Waals surface area contributed by atoms with E-state index in [1.54, 1.807) is 22.8 Å². The zero-order chi connectivity index (χ0) is 17.6. The third-order valence-electron chi connectivity index (χ3n) is 4.01. The number of para-hydroxylation sites is 1. The van der Waals surface area contributed by atoms with Crippen molar-refractivity contribution in [3.05, 3.63) is 78.1 Å². The van der Waals surface area contributed by atoms with Crippen LogP contribution in [0.25, 0.3) is 5.69 Å². The molecule has 1 amide bonds. The van der Waals surface area contributed by atoms with Gasteiger partial charge in [0.1, 0.15) is 12.4 Å². The fourth-order valence-corrected chi connectivity index (χ4v) is 2.51. The van der Waals surface area contributed by atoms with Gasteiger partial charge in [-0.05, 0) is 48.9 Å². The first-order chi connectivity index (χ1) is 12.1. The second-order valence-corrected chi connectivity index (χ2v) is 5.84. The van der Waals surface area contributed by atoms with E-state index >= 15 is 0 Å². The van der Waals surface area contributed by atoms with Gasteiger partial charge in [0, 0.05) is 25.0 Å². The van der Waals surface area contributed by atoms with Crippen molar-refractivity contribution in [2.75, 3.05) is 20.2 Å². The Hall–Kier alpha value is -3.08. The van der Waals surface area contributed by atoms with Gasteiger partial charge in [0.25, 0.3) is 5.91 Å². The monoisotopic (exact) mass is 335 g/mol. The van der Waals surface area contributed by atoms with E-state index in [-0.39, 0.29) is 5.91 Å². The second kappa shape index (κ2) is 7.66. The highest BCUT2D eigenvalue weighted by molar-refractivity contribution is 5.94. The Morgan fingerprint density at radius 3 is 2.56 bits per heavy atom. The number of aromatic nitrogens is 2. The Kier molecular flexibility index (Phi) is 5.14. The quantitative estimate of drug-likeness (QED) is 0.694. The first-order valence-electron chi connectivity index (χ1n) is 8.19. The number of amides is 1. The zero-order valence-electron chi connectivity index (χ0n) is 14.4. The number of aryl methyl sites for hydroxylation is 1. The van der Waals surface area contributed by atoms with Crippen LogP contribution in [0.2, 0.25) is 0 Å². The summed E-state index contributed by atoms with van der Waals surface area (Å²) >= 11 is 0. The molecule has 3 rings (SSSR count). The molecule has 1 heterocycles. The Morgan fingerprint density at radius 1 is 1.12 bits per heavy atom. The molecule has 0 unspecified atom stereocenters. The van der Waals surface area contributed by atoms with Gasteiger partial charge in [-0.3, -0.25) is 4.79 Å². The van der Waals surface area contributed by atoms with Crippen molar-refractivity contribution in [1.29, 1.82) is 0 Å². The van der Waals surface area contributed by atoms with Crippen molar-refractivity contribution in [2.45, 2.75) is 6.92 Å². The Bertz CT molecular complexity index is 826. The molecule has 0 N–H and O–H groups in total. The Labute approximate surface area is 147 Å². The van der Waals surface area contributed by atoms with Crippen LogP contribution in [0.15, 0.2) is 67.0 Å². The molecule has 0 aliphatic carbocycles. The van der Waals surface area contributed by atoms with Gasteiger partial charge in [-0.2, -0.15) is 5.10 Å². The lowest BCUT2D eigenvalue weighted by Crippen LogP contribution is -2.30. The van der Waals surface area contributed by atoms with Gasteiger partial charge in [-0.15, -0.1) is 0 Å². The van der Waals surface area contributed by atoms with E-state index in [0.717, 1.165) is 17.0 Å². The average molecular weight is 335 g/mol. The van der Waals surface area contributed by atoms with Crippen molar-refractivity contribution in [2.24, 2.45) is 0 Å². The summed E-state index contributed by atoms with van der Waals surface area (Å²) in [6.45, 7) is 2.98. The fraction of sp³-hybridized carbons (Fsp3) is 0.200. The first-order valence-corrected chi connectivity index (χ1v) is 8.19. The van der Waals surface area contributed by atoms with Crippen LogP contribution in [0.5, 0.6) is 5.75 Å². The highest BCUT2D eigenvalue weighted by atomic mass is 16.5. The van der Waals surface area contributed by atoms with Crippen LogP contribution < -0.4 is 4.74 Å². The molecule has 5 heteroatoms. The maximum Gasteiger partial charge on any atom is 0.253 e. The Morgan fingerprint density at radius 2 is 1.88 bits per heavy atom. The number of likely N-dealkylation sites (N-methyl/N-ethyl adjacent to an activating group) is 1. The van der Waals surface area contributed by atoms with Crippen LogP contribution >= 0.6 is 0 Å². The molecule has 128 valence electrons.